The zero-order valence-electron chi connectivity index (χ0n) is 10.5. The molecular weight excluding hydrogens is 222 g/mol. The molecule has 0 amide bonds. The quantitative estimate of drug-likeness (QED) is 0.842. The highest BCUT2D eigenvalue weighted by Gasteiger charge is 2.09. The number of pyridine rings is 1. The standard InChI is InChI=1S/C15H17N3/c1-11-4-2-9-17-15(11)18-13-6-7-14-12(10-13)5-3-8-16-14/h2,4,6-7,9-10,16H,3,5,8H2,1H3,(H,17,18). The molecule has 0 atom stereocenters. The van der Waals surface area contributed by atoms with E-state index in [1.165, 1.54) is 17.7 Å². The maximum absolute atomic E-state index is 4.36. The van der Waals surface area contributed by atoms with Crippen LogP contribution in [0, 0.1) is 6.92 Å². The van der Waals surface area contributed by atoms with Crippen LogP contribution in [-0.4, -0.2) is 11.5 Å². The first-order valence-corrected chi connectivity index (χ1v) is 6.38. The van der Waals surface area contributed by atoms with Crippen molar-refractivity contribution >= 4 is 17.2 Å². The number of rotatable bonds is 2. The van der Waals surface area contributed by atoms with Gasteiger partial charge in [0, 0.05) is 24.1 Å². The van der Waals surface area contributed by atoms with Crippen LogP contribution in [0.5, 0.6) is 0 Å². The van der Waals surface area contributed by atoms with Crippen LogP contribution in [0.3, 0.4) is 0 Å². The number of hydrogen-bond donors (Lipinski definition) is 2. The van der Waals surface area contributed by atoms with Crippen LogP contribution in [0.4, 0.5) is 17.2 Å². The predicted molar refractivity (Wildman–Crippen MR) is 75.5 cm³/mol. The Morgan fingerprint density at radius 1 is 1.28 bits per heavy atom. The molecule has 3 nitrogen and oxygen atoms in total. The van der Waals surface area contributed by atoms with Crippen molar-refractivity contribution in [2.45, 2.75) is 19.8 Å². The van der Waals surface area contributed by atoms with E-state index in [9.17, 15) is 0 Å². The largest absolute Gasteiger partial charge is 0.385 e. The molecule has 0 bridgehead atoms. The van der Waals surface area contributed by atoms with Crippen LogP contribution in [0.25, 0.3) is 0 Å². The van der Waals surface area contributed by atoms with E-state index >= 15 is 0 Å². The van der Waals surface area contributed by atoms with E-state index in [1.807, 2.05) is 12.3 Å². The minimum absolute atomic E-state index is 0.932. The van der Waals surface area contributed by atoms with Crippen LogP contribution < -0.4 is 10.6 Å². The molecule has 0 saturated heterocycles. The molecule has 2 N–H and O–H groups in total. The summed E-state index contributed by atoms with van der Waals surface area (Å²) in [4.78, 5) is 4.36. The molecule has 0 aliphatic carbocycles. The second-order valence-electron chi connectivity index (χ2n) is 4.70. The van der Waals surface area contributed by atoms with Crippen molar-refractivity contribution in [1.29, 1.82) is 0 Å². The van der Waals surface area contributed by atoms with E-state index in [2.05, 4.69) is 46.8 Å². The second-order valence-corrected chi connectivity index (χ2v) is 4.70. The second kappa shape index (κ2) is 4.69. The lowest BCUT2D eigenvalue weighted by Crippen LogP contribution is -2.11. The van der Waals surface area contributed by atoms with Crippen LogP contribution in [-0.2, 0) is 6.42 Å². The first-order chi connectivity index (χ1) is 8.83. The molecule has 0 fully saturated rings. The van der Waals surface area contributed by atoms with Crippen molar-refractivity contribution in [1.82, 2.24) is 4.98 Å². The number of fused-ring (bicyclic) bond motifs is 1. The summed E-state index contributed by atoms with van der Waals surface area (Å²) in [5.41, 5.74) is 4.93. The summed E-state index contributed by atoms with van der Waals surface area (Å²) in [6.07, 6.45) is 4.17. The predicted octanol–water partition coefficient (Wildman–Crippen LogP) is 3.49. The fraction of sp³-hybridized carbons (Fsp3) is 0.267. The summed E-state index contributed by atoms with van der Waals surface area (Å²) >= 11 is 0. The average Bonchev–Trinajstić information content (AvgIpc) is 2.41. The molecule has 0 saturated carbocycles. The Hall–Kier alpha value is -2.03. The molecule has 2 aromatic rings. The van der Waals surface area contributed by atoms with Crippen molar-refractivity contribution < 1.29 is 0 Å². The van der Waals surface area contributed by atoms with Crippen molar-refractivity contribution in [3.63, 3.8) is 0 Å². The first-order valence-electron chi connectivity index (χ1n) is 6.38. The Morgan fingerprint density at radius 2 is 2.22 bits per heavy atom. The Morgan fingerprint density at radius 3 is 3.11 bits per heavy atom. The van der Waals surface area contributed by atoms with Crippen molar-refractivity contribution in [3.8, 4) is 0 Å². The zero-order valence-corrected chi connectivity index (χ0v) is 10.5. The maximum atomic E-state index is 4.36. The summed E-state index contributed by atoms with van der Waals surface area (Å²) in [6.45, 7) is 3.15. The van der Waals surface area contributed by atoms with Gasteiger partial charge in [-0.3, -0.25) is 0 Å². The van der Waals surface area contributed by atoms with Crippen LogP contribution >= 0.6 is 0 Å². The number of aromatic nitrogens is 1. The van der Waals surface area contributed by atoms with Crippen LogP contribution in [0.1, 0.15) is 17.5 Å². The Labute approximate surface area is 107 Å². The summed E-state index contributed by atoms with van der Waals surface area (Å²) in [5, 5.41) is 6.81. The summed E-state index contributed by atoms with van der Waals surface area (Å²) < 4.78 is 0. The van der Waals surface area contributed by atoms with Gasteiger partial charge in [0.15, 0.2) is 0 Å². The Balaban J connectivity index is 1.87. The van der Waals surface area contributed by atoms with E-state index in [-0.39, 0.29) is 0 Å². The third kappa shape index (κ3) is 2.16. The molecule has 1 aromatic heterocycles. The first kappa shape index (κ1) is 11.1. The van der Waals surface area contributed by atoms with Crippen LogP contribution in [0.2, 0.25) is 0 Å². The molecular formula is C15H17N3. The van der Waals surface area contributed by atoms with E-state index in [0.29, 0.717) is 0 Å². The SMILES string of the molecule is Cc1cccnc1Nc1ccc2c(c1)CCCN2. The fourth-order valence-electron chi connectivity index (χ4n) is 2.31. The van der Waals surface area contributed by atoms with Gasteiger partial charge >= 0.3 is 0 Å². The number of aryl methyl sites for hydroxylation is 2. The molecule has 18 heavy (non-hydrogen) atoms. The molecule has 3 heteroatoms. The van der Waals surface area contributed by atoms with Crippen LogP contribution in [0.15, 0.2) is 36.5 Å². The monoisotopic (exact) mass is 239 g/mol. The summed E-state index contributed by atoms with van der Waals surface area (Å²) in [6, 6.07) is 10.5. The van der Waals surface area contributed by atoms with Gasteiger partial charge in [0.25, 0.3) is 0 Å². The smallest absolute Gasteiger partial charge is 0.133 e. The minimum Gasteiger partial charge on any atom is -0.385 e. The van der Waals surface area contributed by atoms with Gasteiger partial charge in [0.05, 0.1) is 0 Å². The Kier molecular flexibility index (Phi) is 2.89. The molecule has 92 valence electrons. The van der Waals surface area contributed by atoms with Gasteiger partial charge in [0.1, 0.15) is 5.82 Å². The lowest BCUT2D eigenvalue weighted by Gasteiger charge is -2.19. The molecule has 1 aliphatic heterocycles. The third-order valence-electron chi connectivity index (χ3n) is 3.32. The number of nitrogens with one attached hydrogen (secondary N) is 2. The van der Waals surface area contributed by atoms with Gasteiger partial charge in [-0.05, 0) is 55.2 Å². The van der Waals surface area contributed by atoms with E-state index in [0.717, 1.165) is 30.0 Å². The third-order valence-corrected chi connectivity index (χ3v) is 3.32. The minimum atomic E-state index is 0.932. The lowest BCUT2D eigenvalue weighted by atomic mass is 10.0. The Bertz CT molecular complexity index is 563. The van der Waals surface area contributed by atoms with E-state index < -0.39 is 0 Å². The lowest BCUT2D eigenvalue weighted by molar-refractivity contribution is 0.830. The van der Waals surface area contributed by atoms with Gasteiger partial charge in [0.2, 0.25) is 0 Å². The van der Waals surface area contributed by atoms with Crippen molar-refractivity contribution in [3.05, 3.63) is 47.7 Å². The molecule has 3 rings (SSSR count). The van der Waals surface area contributed by atoms with Gasteiger partial charge in [-0.2, -0.15) is 0 Å². The highest BCUT2D eigenvalue weighted by molar-refractivity contribution is 5.65. The molecule has 0 radical (unpaired) electrons. The van der Waals surface area contributed by atoms with E-state index in [4.69, 9.17) is 0 Å². The van der Waals surface area contributed by atoms with Gasteiger partial charge in [-0.1, -0.05) is 6.07 Å². The number of nitrogens with zero attached hydrogens (tertiary/aromatic N) is 1. The number of anilines is 3. The molecule has 0 spiro atoms. The van der Waals surface area contributed by atoms with E-state index in [1.54, 1.807) is 0 Å². The topological polar surface area (TPSA) is 37.0 Å². The fourth-order valence-corrected chi connectivity index (χ4v) is 2.31. The normalized spacial score (nSPS) is 13.6. The van der Waals surface area contributed by atoms with Gasteiger partial charge in [-0.15, -0.1) is 0 Å². The number of hydrogen-bond acceptors (Lipinski definition) is 3. The molecule has 1 aliphatic rings. The van der Waals surface area contributed by atoms with Crippen molar-refractivity contribution in [2.24, 2.45) is 0 Å². The zero-order chi connectivity index (χ0) is 12.4. The molecule has 0 unspecified atom stereocenters. The summed E-state index contributed by atoms with van der Waals surface area (Å²) in [5.74, 6) is 0.932. The summed E-state index contributed by atoms with van der Waals surface area (Å²) in [7, 11) is 0. The highest BCUT2D eigenvalue weighted by Crippen LogP contribution is 2.27. The van der Waals surface area contributed by atoms with Gasteiger partial charge < -0.3 is 10.6 Å². The van der Waals surface area contributed by atoms with Gasteiger partial charge in [-0.25, -0.2) is 4.98 Å². The average molecular weight is 239 g/mol. The molecule has 2 heterocycles. The van der Waals surface area contributed by atoms with Crippen molar-refractivity contribution in [2.75, 3.05) is 17.2 Å². The maximum Gasteiger partial charge on any atom is 0.133 e. The molecule has 1 aromatic carbocycles. The number of benzene rings is 1. The highest BCUT2D eigenvalue weighted by atomic mass is 15.0.